The van der Waals surface area contributed by atoms with E-state index in [1.54, 1.807) is 13.0 Å². The van der Waals surface area contributed by atoms with Gasteiger partial charge < -0.3 is 4.74 Å². The molecule has 17 heavy (non-hydrogen) atoms. The molecule has 0 unspecified atom stereocenters. The van der Waals surface area contributed by atoms with Crippen molar-refractivity contribution in [2.24, 2.45) is 0 Å². The predicted molar refractivity (Wildman–Crippen MR) is 73.7 cm³/mol. The molecule has 0 aliphatic rings. The Bertz CT molecular complexity index is 429. The van der Waals surface area contributed by atoms with Crippen molar-refractivity contribution in [1.29, 1.82) is 0 Å². The van der Waals surface area contributed by atoms with Gasteiger partial charge >= 0.3 is 5.97 Å². The molecular weight excluding hydrogens is 280 g/mol. The van der Waals surface area contributed by atoms with Crippen LogP contribution in [0.4, 0.5) is 0 Å². The lowest BCUT2D eigenvalue weighted by Gasteiger charge is -2.04. The Morgan fingerprint density at radius 1 is 1.29 bits per heavy atom. The highest BCUT2D eigenvalue weighted by Crippen LogP contribution is 2.23. The van der Waals surface area contributed by atoms with E-state index >= 15 is 0 Å². The van der Waals surface area contributed by atoms with Crippen LogP contribution in [0.25, 0.3) is 5.57 Å². The lowest BCUT2D eigenvalue weighted by atomic mass is 10.1. The highest BCUT2D eigenvalue weighted by atomic mass is 79.9. The Morgan fingerprint density at radius 2 is 1.94 bits per heavy atom. The monoisotopic (exact) mass is 294 g/mol. The molecule has 3 heteroatoms. The zero-order chi connectivity index (χ0) is 12.7. The number of rotatable bonds is 4. The lowest BCUT2D eigenvalue weighted by molar-refractivity contribution is -0.137. The first-order valence-electron chi connectivity index (χ1n) is 5.41. The normalized spacial score (nSPS) is 12.4. The van der Waals surface area contributed by atoms with E-state index in [1.165, 1.54) is 6.08 Å². The third kappa shape index (κ3) is 4.57. The fourth-order valence-electron chi connectivity index (χ4n) is 1.37. The molecule has 0 N–H and O–H groups in total. The van der Waals surface area contributed by atoms with Gasteiger partial charge in [0.25, 0.3) is 0 Å². The maximum atomic E-state index is 11.3. The Balaban J connectivity index is 2.91. The fraction of sp³-hybridized carbons (Fsp3) is 0.214. The van der Waals surface area contributed by atoms with Gasteiger partial charge in [-0.3, -0.25) is 0 Å². The van der Waals surface area contributed by atoms with Crippen LogP contribution in [0.2, 0.25) is 0 Å². The van der Waals surface area contributed by atoms with Gasteiger partial charge in [-0.15, -0.1) is 0 Å². The number of hydrogen-bond acceptors (Lipinski definition) is 2. The molecule has 0 aliphatic heterocycles. The molecule has 0 atom stereocenters. The molecule has 1 rings (SSSR count). The molecule has 0 fully saturated rings. The first-order valence-corrected chi connectivity index (χ1v) is 6.21. The van der Waals surface area contributed by atoms with Crippen molar-refractivity contribution < 1.29 is 9.53 Å². The van der Waals surface area contributed by atoms with Gasteiger partial charge in [-0.2, -0.15) is 0 Å². The van der Waals surface area contributed by atoms with Crippen molar-refractivity contribution in [3.05, 3.63) is 52.5 Å². The first-order chi connectivity index (χ1) is 8.15. The summed E-state index contributed by atoms with van der Waals surface area (Å²) in [6.45, 7) is 4.12. The van der Waals surface area contributed by atoms with E-state index in [2.05, 4.69) is 15.9 Å². The Kier molecular flexibility index (Phi) is 5.70. The van der Waals surface area contributed by atoms with Gasteiger partial charge in [-0.25, -0.2) is 4.79 Å². The summed E-state index contributed by atoms with van der Waals surface area (Å²) in [5, 5.41) is 0. The third-order valence-electron chi connectivity index (χ3n) is 2.13. The van der Waals surface area contributed by atoms with Crippen LogP contribution in [0.3, 0.4) is 0 Å². The molecule has 0 aliphatic carbocycles. The highest BCUT2D eigenvalue weighted by molar-refractivity contribution is 9.11. The standard InChI is InChI=1S/C14H15BrO2/c1-3-17-14(16)10-9-13(11(2)15)12-7-5-4-6-8-12/h4-10H,3H2,1-2H3/b10-9+,13-11+. The van der Waals surface area contributed by atoms with E-state index < -0.39 is 0 Å². The molecule has 0 aromatic heterocycles. The summed E-state index contributed by atoms with van der Waals surface area (Å²) in [5.41, 5.74) is 2.03. The summed E-state index contributed by atoms with van der Waals surface area (Å²) in [7, 11) is 0. The number of esters is 1. The van der Waals surface area contributed by atoms with E-state index in [0.717, 1.165) is 15.6 Å². The minimum atomic E-state index is -0.324. The maximum absolute atomic E-state index is 11.3. The van der Waals surface area contributed by atoms with Crippen molar-refractivity contribution in [3.63, 3.8) is 0 Å². The quantitative estimate of drug-likeness (QED) is 0.478. The van der Waals surface area contributed by atoms with Crippen molar-refractivity contribution in [2.45, 2.75) is 13.8 Å². The average Bonchev–Trinajstić information content (AvgIpc) is 2.30. The number of halogens is 1. The van der Waals surface area contributed by atoms with Crippen LogP contribution >= 0.6 is 15.9 Å². The maximum Gasteiger partial charge on any atom is 0.330 e. The van der Waals surface area contributed by atoms with E-state index in [1.807, 2.05) is 37.3 Å². The van der Waals surface area contributed by atoms with Crippen LogP contribution in [0.5, 0.6) is 0 Å². The topological polar surface area (TPSA) is 26.3 Å². The second kappa shape index (κ2) is 7.07. The zero-order valence-electron chi connectivity index (χ0n) is 9.94. The molecule has 0 radical (unpaired) electrons. The largest absolute Gasteiger partial charge is 0.463 e. The highest BCUT2D eigenvalue weighted by Gasteiger charge is 2.01. The van der Waals surface area contributed by atoms with Gasteiger partial charge in [0.15, 0.2) is 0 Å². The van der Waals surface area contributed by atoms with Gasteiger partial charge in [-0.1, -0.05) is 46.3 Å². The molecule has 1 aromatic carbocycles. The van der Waals surface area contributed by atoms with Crippen LogP contribution < -0.4 is 0 Å². The van der Waals surface area contributed by atoms with Crippen LogP contribution in [-0.2, 0) is 9.53 Å². The zero-order valence-corrected chi connectivity index (χ0v) is 11.5. The first kappa shape index (κ1) is 13.7. The Labute approximate surface area is 110 Å². The molecule has 2 nitrogen and oxygen atoms in total. The number of hydrogen-bond donors (Lipinski definition) is 0. The molecule has 0 heterocycles. The minimum Gasteiger partial charge on any atom is -0.463 e. The van der Waals surface area contributed by atoms with Gasteiger partial charge in [0.2, 0.25) is 0 Å². The van der Waals surface area contributed by atoms with E-state index in [9.17, 15) is 4.79 Å². The van der Waals surface area contributed by atoms with E-state index in [4.69, 9.17) is 4.74 Å². The van der Waals surface area contributed by atoms with Crippen molar-refractivity contribution in [3.8, 4) is 0 Å². The number of carbonyl (C=O) groups is 1. The Morgan fingerprint density at radius 3 is 2.47 bits per heavy atom. The molecule has 0 saturated heterocycles. The summed E-state index contributed by atoms with van der Waals surface area (Å²) in [6.07, 6.45) is 3.20. The second-order valence-electron chi connectivity index (χ2n) is 3.40. The molecule has 0 saturated carbocycles. The lowest BCUT2D eigenvalue weighted by Crippen LogP contribution is -1.99. The Hall–Kier alpha value is -1.35. The van der Waals surface area contributed by atoms with E-state index in [0.29, 0.717) is 6.61 Å². The van der Waals surface area contributed by atoms with Gasteiger partial charge in [0.05, 0.1) is 6.61 Å². The molecule has 0 amide bonds. The predicted octanol–water partition coefficient (Wildman–Crippen LogP) is 3.93. The molecule has 0 bridgehead atoms. The van der Waals surface area contributed by atoms with Crippen molar-refractivity contribution >= 4 is 27.5 Å². The smallest absolute Gasteiger partial charge is 0.330 e. The van der Waals surface area contributed by atoms with Crippen LogP contribution in [0.1, 0.15) is 19.4 Å². The van der Waals surface area contributed by atoms with Crippen molar-refractivity contribution in [2.75, 3.05) is 6.61 Å². The molecular formula is C14H15BrO2. The van der Waals surface area contributed by atoms with Crippen LogP contribution in [-0.4, -0.2) is 12.6 Å². The second-order valence-corrected chi connectivity index (χ2v) is 4.59. The third-order valence-corrected chi connectivity index (χ3v) is 2.56. The number of carbonyl (C=O) groups excluding carboxylic acids is 1. The summed E-state index contributed by atoms with van der Waals surface area (Å²) >= 11 is 3.44. The fourth-order valence-corrected chi connectivity index (χ4v) is 1.73. The van der Waals surface area contributed by atoms with E-state index in [-0.39, 0.29) is 5.97 Å². The van der Waals surface area contributed by atoms with Gasteiger partial charge in [0, 0.05) is 6.08 Å². The minimum absolute atomic E-state index is 0.324. The summed E-state index contributed by atoms with van der Waals surface area (Å²) < 4.78 is 5.82. The summed E-state index contributed by atoms with van der Waals surface area (Å²) in [6, 6.07) is 9.87. The average molecular weight is 295 g/mol. The summed E-state index contributed by atoms with van der Waals surface area (Å²) in [5.74, 6) is -0.324. The number of allylic oxidation sites excluding steroid dienone is 3. The number of ether oxygens (including phenoxy) is 1. The van der Waals surface area contributed by atoms with Gasteiger partial charge in [-0.05, 0) is 35.5 Å². The molecule has 90 valence electrons. The molecule has 0 spiro atoms. The van der Waals surface area contributed by atoms with Gasteiger partial charge in [0.1, 0.15) is 0 Å². The number of benzene rings is 1. The molecule has 1 aromatic rings. The SMILES string of the molecule is CCOC(=O)/C=C/C(=C(/C)Br)c1ccccc1. The summed E-state index contributed by atoms with van der Waals surface area (Å²) in [4.78, 5) is 11.3. The van der Waals surface area contributed by atoms with Crippen LogP contribution in [0, 0.1) is 0 Å². The van der Waals surface area contributed by atoms with Crippen LogP contribution in [0.15, 0.2) is 47.0 Å². The van der Waals surface area contributed by atoms with Crippen molar-refractivity contribution in [1.82, 2.24) is 0 Å².